The molecular weight excluding hydrogens is 1330 g/mol. The Balaban J connectivity index is 0.000000109. The zero-order valence-corrected chi connectivity index (χ0v) is 69.1. The predicted molar refractivity (Wildman–Crippen MR) is 460 cm³/mol. The van der Waals surface area contributed by atoms with Crippen LogP contribution in [0.15, 0.2) is 164 Å². The quantitative estimate of drug-likeness (QED) is 0.153. The summed E-state index contributed by atoms with van der Waals surface area (Å²) in [5, 5.41) is 4.34. The van der Waals surface area contributed by atoms with Crippen molar-refractivity contribution in [2.24, 2.45) is 49.9 Å². The Kier molecular flexibility index (Phi) is 18.5. The summed E-state index contributed by atoms with van der Waals surface area (Å²) >= 11 is 0. The van der Waals surface area contributed by atoms with Crippen molar-refractivity contribution in [3.05, 3.63) is 270 Å². The number of fused-ring (bicyclic) bond motifs is 9. The Morgan fingerprint density at radius 2 is 0.791 bits per heavy atom. The summed E-state index contributed by atoms with van der Waals surface area (Å²) in [7, 11) is 8.69. The Morgan fingerprint density at radius 3 is 1.43 bits per heavy atom. The summed E-state index contributed by atoms with van der Waals surface area (Å²) in [6, 6.07) is 59.2. The monoisotopic (exact) mass is 1450 g/mol. The van der Waals surface area contributed by atoms with E-state index in [-0.39, 0.29) is 0 Å². The molecule has 4 spiro atoms. The summed E-state index contributed by atoms with van der Waals surface area (Å²) in [5.41, 5.74) is 45.2. The van der Waals surface area contributed by atoms with E-state index in [4.69, 9.17) is 4.11 Å². The first-order valence-electron chi connectivity index (χ1n) is 44.0. The standard InChI is InChI=1S/C28H32N.3C26H30N/c1-20-8-4-5-9-25(20)27-17-26(21(2)19-29(27)3)23-11-10-22-12-15-28(13-6-7-14-28)18-24(22)16-23;1-17-13-18(2)19(3)22(14-17)25-10-8-21-23-16-26(11-5-6-12-26)15-20(23)7-9-24(21)27(25)4;1-17-11-18(2)19(3)23(12-17)24-8-7-20-13-21-15-26(9-5-6-10-26)16-22(21)14-25(20)27(24)4;1-17-13-18(2)19(3)21(14-17)25-23-16-26(11-7-8-12-26)15-22(23)20-9-5-6-10-24(20)27(25)4/h4-5,8-11,16-17,19H,6-7,12-15,18H2,1-3H3;7-10,13-14H,5-6,11-12,15-16H2,1-4H3;7-8,11-14H,5-6,9-10,15-16H2,1-4H3;5-6,9-10,13-14H,7-8,11-12,15-16H2,1-4H3/q4*+1/i2D3;;;. The van der Waals surface area contributed by atoms with Crippen molar-refractivity contribution in [2.45, 2.75) is 237 Å². The van der Waals surface area contributed by atoms with Crippen LogP contribution >= 0.6 is 0 Å². The number of nitrogens with zero attached hydrogens (tertiary/aromatic N) is 4. The largest absolute Gasteiger partial charge is 0.216 e. The molecule has 0 N–H and O–H groups in total. The van der Waals surface area contributed by atoms with E-state index >= 15 is 0 Å². The lowest BCUT2D eigenvalue weighted by Crippen LogP contribution is -2.34. The SMILES string of the molecule is Cc1cc(C)c(C)c(-c2c3c(c4ccccc4[n+]2C)CC2(CCCC2)C3)c1.Cc1cc(C)c(C)c(-c2ccc3c4c(ccc3[n+]2C)CC2(CCCC2)C4)c1.Cc1cc(C)c(C)c(-c2ccc3cc4c(cc3[n+]2C)CC2(CCCC2)C4)c1.[2H]C([2H])([2H])c1c[n+](C)c(-c2ccccc2C)cc1-c1ccc2c(c1)CC1(CCCC1)CC2. The second kappa shape index (κ2) is 29.0. The highest BCUT2D eigenvalue weighted by Crippen LogP contribution is 2.55. The van der Waals surface area contributed by atoms with E-state index < -0.39 is 6.85 Å². The van der Waals surface area contributed by atoms with Crippen molar-refractivity contribution in [1.82, 2.24) is 0 Å². The van der Waals surface area contributed by atoms with Crippen molar-refractivity contribution in [2.75, 3.05) is 0 Å². The van der Waals surface area contributed by atoms with Gasteiger partial charge in [0.15, 0.2) is 6.20 Å². The Labute approximate surface area is 663 Å². The molecule has 8 aliphatic rings. The van der Waals surface area contributed by atoms with Crippen molar-refractivity contribution < 1.29 is 22.4 Å². The van der Waals surface area contributed by atoms with Crippen LogP contribution in [0.1, 0.15) is 219 Å². The maximum Gasteiger partial charge on any atom is 0.216 e. The number of hydrogen-bond donors (Lipinski definition) is 0. The number of aromatic nitrogens is 4. The Morgan fingerprint density at radius 1 is 0.309 bits per heavy atom. The molecular formula is C106H122N4+4. The second-order valence-corrected chi connectivity index (χ2v) is 37.0. The molecule has 12 aromatic rings. The van der Waals surface area contributed by atoms with Crippen LogP contribution in [-0.2, 0) is 79.6 Å². The lowest BCUT2D eigenvalue weighted by atomic mass is 9.70. The topological polar surface area (TPSA) is 15.5 Å². The van der Waals surface area contributed by atoms with Gasteiger partial charge in [0.1, 0.15) is 28.2 Å². The van der Waals surface area contributed by atoms with E-state index in [1.54, 1.807) is 33.4 Å². The molecule has 4 fully saturated rings. The average molecular weight is 1460 g/mol. The van der Waals surface area contributed by atoms with Crippen LogP contribution in [0.5, 0.6) is 0 Å². The molecule has 4 heterocycles. The van der Waals surface area contributed by atoms with Crippen LogP contribution in [0.2, 0.25) is 0 Å². The van der Waals surface area contributed by atoms with Crippen molar-refractivity contribution in [3.63, 3.8) is 0 Å². The lowest BCUT2D eigenvalue weighted by molar-refractivity contribution is -0.660. The third kappa shape index (κ3) is 13.5. The van der Waals surface area contributed by atoms with E-state index in [0.717, 1.165) is 35.2 Å². The molecule has 0 saturated heterocycles. The number of hydrogen-bond acceptors (Lipinski definition) is 0. The predicted octanol–water partition coefficient (Wildman–Crippen LogP) is 24.3. The zero-order chi connectivity index (χ0) is 78.8. The minimum atomic E-state index is -2.17. The average Bonchev–Trinajstić information content (AvgIpc) is 1.63. The van der Waals surface area contributed by atoms with E-state index in [1.807, 2.05) is 29.9 Å². The van der Waals surface area contributed by atoms with Crippen LogP contribution in [0.4, 0.5) is 0 Å². The lowest BCUT2D eigenvalue weighted by Gasteiger charge is -2.35. The Bertz CT molecular complexity index is 5730. The summed E-state index contributed by atoms with van der Waals surface area (Å²) < 4.78 is 33.9. The third-order valence-electron chi connectivity index (χ3n) is 29.6. The fourth-order valence-electron chi connectivity index (χ4n) is 23.3. The van der Waals surface area contributed by atoms with E-state index in [0.29, 0.717) is 27.2 Å². The van der Waals surface area contributed by atoms with Crippen LogP contribution in [0, 0.1) is 97.7 Å². The molecule has 4 nitrogen and oxygen atoms in total. The van der Waals surface area contributed by atoms with E-state index in [2.05, 4.69) is 250 Å². The van der Waals surface area contributed by atoms with E-state index in [1.165, 1.54) is 281 Å². The van der Waals surface area contributed by atoms with Crippen molar-refractivity contribution >= 4 is 32.7 Å². The molecule has 4 aromatic heterocycles. The maximum atomic E-state index is 8.22. The van der Waals surface area contributed by atoms with Crippen LogP contribution in [0.3, 0.4) is 0 Å². The molecule has 4 heteroatoms. The fourth-order valence-corrected chi connectivity index (χ4v) is 23.3. The van der Waals surface area contributed by atoms with Gasteiger partial charge in [-0.2, -0.15) is 13.7 Å². The summed E-state index contributed by atoms with van der Waals surface area (Å²) in [5.74, 6) is 0. The highest BCUT2D eigenvalue weighted by Gasteiger charge is 2.46. The van der Waals surface area contributed by atoms with Gasteiger partial charge in [0, 0.05) is 90.0 Å². The highest BCUT2D eigenvalue weighted by molar-refractivity contribution is 5.87. The van der Waals surface area contributed by atoms with E-state index in [9.17, 15) is 0 Å². The molecule has 0 aliphatic heterocycles. The minimum absolute atomic E-state index is 0.420. The van der Waals surface area contributed by atoms with Gasteiger partial charge in [-0.3, -0.25) is 0 Å². The second-order valence-electron chi connectivity index (χ2n) is 37.0. The van der Waals surface area contributed by atoms with Crippen LogP contribution in [0.25, 0.3) is 88.9 Å². The van der Waals surface area contributed by atoms with Gasteiger partial charge in [0.05, 0.1) is 0 Å². The highest BCUT2D eigenvalue weighted by atomic mass is 15.0. The number of rotatable bonds is 5. The molecule has 0 amide bonds. The minimum Gasteiger partial charge on any atom is -0.201 e. The molecule has 562 valence electrons. The van der Waals surface area contributed by atoms with Gasteiger partial charge >= 0.3 is 0 Å². The van der Waals surface area contributed by atoms with Gasteiger partial charge in [0.25, 0.3) is 0 Å². The fraction of sp³-hybridized carbons (Fsp3) is 0.415. The number of benzene rings is 8. The Hall–Kier alpha value is -8.86. The molecule has 8 aliphatic carbocycles. The molecule has 8 aromatic carbocycles. The zero-order valence-electron chi connectivity index (χ0n) is 72.1. The van der Waals surface area contributed by atoms with Crippen molar-refractivity contribution in [3.8, 4) is 56.2 Å². The molecule has 20 rings (SSSR count). The van der Waals surface area contributed by atoms with Gasteiger partial charge in [0.2, 0.25) is 39.3 Å². The first-order chi connectivity index (χ1) is 54.2. The first-order valence-corrected chi connectivity index (χ1v) is 42.5. The number of pyridine rings is 4. The number of para-hydroxylation sites is 1. The van der Waals surface area contributed by atoms with Crippen LogP contribution in [-0.4, -0.2) is 0 Å². The van der Waals surface area contributed by atoms with Crippen molar-refractivity contribution in [1.29, 1.82) is 0 Å². The molecule has 0 unspecified atom stereocenters. The molecule has 0 bridgehead atoms. The summed E-state index contributed by atoms with van der Waals surface area (Å²) in [6.45, 7) is 20.1. The first kappa shape index (κ1) is 70.3. The van der Waals surface area contributed by atoms with Crippen LogP contribution < -0.4 is 18.3 Å². The van der Waals surface area contributed by atoms with Gasteiger partial charge in [-0.15, -0.1) is 0 Å². The van der Waals surface area contributed by atoms with Gasteiger partial charge < -0.3 is 0 Å². The molecule has 110 heavy (non-hydrogen) atoms. The normalized spacial score (nSPS) is 18.2. The summed E-state index contributed by atoms with van der Waals surface area (Å²) in [4.78, 5) is 0. The summed E-state index contributed by atoms with van der Waals surface area (Å²) in [6.07, 6.45) is 35.6. The number of aryl methyl sites for hydroxylation is 13. The van der Waals surface area contributed by atoms with Gasteiger partial charge in [-0.1, -0.05) is 141 Å². The molecule has 0 radical (unpaired) electrons. The van der Waals surface area contributed by atoms with Gasteiger partial charge in [-0.05, 0) is 344 Å². The third-order valence-corrected chi connectivity index (χ3v) is 29.6. The smallest absolute Gasteiger partial charge is 0.201 e. The maximum absolute atomic E-state index is 8.22. The molecule has 4 saturated carbocycles. The molecule has 0 atom stereocenters. The van der Waals surface area contributed by atoms with Gasteiger partial charge in [-0.25, -0.2) is 4.57 Å².